The van der Waals surface area contributed by atoms with Crippen molar-refractivity contribution in [2.24, 2.45) is 0 Å². The van der Waals surface area contributed by atoms with Gasteiger partial charge in [0, 0.05) is 11.3 Å². The maximum absolute atomic E-state index is 10.9. The van der Waals surface area contributed by atoms with E-state index in [1.165, 1.54) is 0 Å². The normalized spacial score (nSPS) is 9.09. The van der Waals surface area contributed by atoms with Crippen molar-refractivity contribution in [2.75, 3.05) is 0 Å². The number of hydrogen-bond acceptors (Lipinski definition) is 2. The lowest BCUT2D eigenvalue weighted by Crippen LogP contribution is -2.10. The summed E-state index contributed by atoms with van der Waals surface area (Å²) in [5.74, 6) is 0. The van der Waals surface area contributed by atoms with Gasteiger partial charge in [-0.1, -0.05) is 6.07 Å². The third-order valence-electron chi connectivity index (χ3n) is 1.44. The topological polar surface area (TPSA) is 56.6 Å². The van der Waals surface area contributed by atoms with Gasteiger partial charge in [0.15, 0.2) is 0 Å². The Balaban J connectivity index is 3.08. The van der Waals surface area contributed by atoms with E-state index < -0.39 is 0 Å². The minimum atomic E-state index is -0.113. The van der Waals surface area contributed by atoms with Gasteiger partial charge in [0.05, 0.1) is 12.5 Å². The van der Waals surface area contributed by atoms with E-state index in [0.717, 1.165) is 0 Å². The van der Waals surface area contributed by atoms with Crippen LogP contribution in [0.1, 0.15) is 11.3 Å². The summed E-state index contributed by atoms with van der Waals surface area (Å²) in [6, 6.07) is 5.42. The van der Waals surface area contributed by atoms with Crippen LogP contribution in [0, 0.1) is 18.3 Å². The van der Waals surface area contributed by atoms with E-state index in [1.807, 2.05) is 6.07 Å². The van der Waals surface area contributed by atoms with E-state index >= 15 is 0 Å². The average molecular weight is 148 g/mol. The van der Waals surface area contributed by atoms with Crippen LogP contribution < -0.4 is 5.56 Å². The van der Waals surface area contributed by atoms with E-state index in [4.69, 9.17) is 5.26 Å². The number of nitriles is 1. The van der Waals surface area contributed by atoms with Gasteiger partial charge in [-0.15, -0.1) is 0 Å². The van der Waals surface area contributed by atoms with Gasteiger partial charge in [0.1, 0.15) is 0 Å². The molecule has 3 nitrogen and oxygen atoms in total. The summed E-state index contributed by atoms with van der Waals surface area (Å²) < 4.78 is 0. The minimum Gasteiger partial charge on any atom is -0.325 e. The fourth-order valence-electron chi connectivity index (χ4n) is 0.776. The summed E-state index contributed by atoms with van der Waals surface area (Å²) >= 11 is 0. The number of hydrogen-bond donors (Lipinski definition) is 1. The van der Waals surface area contributed by atoms with Crippen LogP contribution in [0.3, 0.4) is 0 Å². The molecule has 0 amide bonds. The highest BCUT2D eigenvalue weighted by atomic mass is 16.1. The van der Waals surface area contributed by atoms with E-state index in [0.29, 0.717) is 11.3 Å². The van der Waals surface area contributed by atoms with Gasteiger partial charge in [-0.25, -0.2) is 0 Å². The second-order valence-corrected chi connectivity index (χ2v) is 2.33. The smallest absolute Gasteiger partial charge is 0.251 e. The SMILES string of the molecule is Cc1ccc(CC#N)[nH]c1=O. The molecule has 3 heteroatoms. The van der Waals surface area contributed by atoms with Crippen LogP contribution in [-0.4, -0.2) is 4.98 Å². The fourth-order valence-corrected chi connectivity index (χ4v) is 0.776. The lowest BCUT2D eigenvalue weighted by Gasteiger charge is -1.94. The molecule has 0 aliphatic heterocycles. The molecule has 0 unspecified atom stereocenters. The zero-order valence-corrected chi connectivity index (χ0v) is 6.22. The van der Waals surface area contributed by atoms with Gasteiger partial charge in [0.2, 0.25) is 0 Å². The Morgan fingerprint density at radius 3 is 2.91 bits per heavy atom. The monoisotopic (exact) mass is 148 g/mol. The summed E-state index contributed by atoms with van der Waals surface area (Å²) in [6.07, 6.45) is 0.259. The second-order valence-electron chi connectivity index (χ2n) is 2.33. The fraction of sp³-hybridized carbons (Fsp3) is 0.250. The van der Waals surface area contributed by atoms with Crippen LogP contribution in [-0.2, 0) is 6.42 Å². The first-order valence-corrected chi connectivity index (χ1v) is 3.30. The van der Waals surface area contributed by atoms with E-state index in [2.05, 4.69) is 4.98 Å². The predicted octanol–water partition coefficient (Wildman–Crippen LogP) is 0.749. The van der Waals surface area contributed by atoms with Gasteiger partial charge in [-0.05, 0) is 13.0 Å². The van der Waals surface area contributed by atoms with Crippen molar-refractivity contribution >= 4 is 0 Å². The molecule has 1 N–H and O–H groups in total. The zero-order chi connectivity index (χ0) is 8.27. The Hall–Kier alpha value is -1.56. The van der Waals surface area contributed by atoms with E-state index in [9.17, 15) is 4.79 Å². The molecule has 1 rings (SSSR count). The van der Waals surface area contributed by atoms with Gasteiger partial charge in [-0.3, -0.25) is 4.79 Å². The van der Waals surface area contributed by atoms with E-state index in [-0.39, 0.29) is 12.0 Å². The molecule has 56 valence electrons. The van der Waals surface area contributed by atoms with Gasteiger partial charge in [-0.2, -0.15) is 5.26 Å². The highest BCUT2D eigenvalue weighted by molar-refractivity contribution is 5.14. The highest BCUT2D eigenvalue weighted by Crippen LogP contribution is 1.93. The number of H-pyrrole nitrogens is 1. The summed E-state index contributed by atoms with van der Waals surface area (Å²) in [5.41, 5.74) is 1.23. The second kappa shape index (κ2) is 3.02. The molecular formula is C8H8N2O. The van der Waals surface area contributed by atoms with Crippen molar-refractivity contribution < 1.29 is 0 Å². The molecule has 0 saturated carbocycles. The summed E-state index contributed by atoms with van der Waals surface area (Å²) in [7, 11) is 0. The summed E-state index contributed by atoms with van der Waals surface area (Å²) in [4.78, 5) is 13.5. The Morgan fingerprint density at radius 2 is 2.36 bits per heavy atom. The maximum Gasteiger partial charge on any atom is 0.251 e. The molecule has 0 spiro atoms. The lowest BCUT2D eigenvalue weighted by atomic mass is 10.2. The molecule has 0 atom stereocenters. The van der Waals surface area contributed by atoms with E-state index in [1.54, 1.807) is 19.1 Å². The molecule has 0 aromatic carbocycles. The van der Waals surface area contributed by atoms with Gasteiger partial charge < -0.3 is 4.98 Å². The molecule has 0 saturated heterocycles. The molecule has 1 heterocycles. The summed E-state index contributed by atoms with van der Waals surface area (Å²) in [5, 5.41) is 8.31. The number of nitrogens with one attached hydrogen (secondary N) is 1. The van der Waals surface area contributed by atoms with Crippen LogP contribution >= 0.6 is 0 Å². The number of nitrogens with zero attached hydrogens (tertiary/aromatic N) is 1. The van der Waals surface area contributed by atoms with Gasteiger partial charge >= 0.3 is 0 Å². The molecular weight excluding hydrogens is 140 g/mol. The van der Waals surface area contributed by atoms with Crippen LogP contribution in [0.5, 0.6) is 0 Å². The maximum atomic E-state index is 10.9. The number of rotatable bonds is 1. The van der Waals surface area contributed by atoms with Crippen molar-refractivity contribution in [3.8, 4) is 6.07 Å². The number of pyridine rings is 1. The standard InChI is InChI=1S/C8H8N2O/c1-6-2-3-7(4-5-9)10-8(6)11/h2-3H,4H2,1H3,(H,10,11). The first-order valence-electron chi connectivity index (χ1n) is 3.30. The average Bonchev–Trinajstić information content (AvgIpc) is 1.98. The molecule has 11 heavy (non-hydrogen) atoms. The number of aromatic amines is 1. The van der Waals surface area contributed by atoms with Crippen molar-refractivity contribution in [3.63, 3.8) is 0 Å². The molecule has 0 radical (unpaired) electrons. The Kier molecular flexibility index (Phi) is 2.07. The molecule has 0 aliphatic carbocycles. The van der Waals surface area contributed by atoms with Crippen LogP contribution in [0.15, 0.2) is 16.9 Å². The van der Waals surface area contributed by atoms with Crippen molar-refractivity contribution in [1.82, 2.24) is 4.98 Å². The van der Waals surface area contributed by atoms with Crippen LogP contribution in [0.25, 0.3) is 0 Å². The third-order valence-corrected chi connectivity index (χ3v) is 1.44. The lowest BCUT2D eigenvalue weighted by molar-refractivity contribution is 1.06. The highest BCUT2D eigenvalue weighted by Gasteiger charge is 1.94. The first-order chi connectivity index (χ1) is 5.24. The number of aromatic nitrogens is 1. The molecule has 0 fully saturated rings. The largest absolute Gasteiger partial charge is 0.325 e. The van der Waals surface area contributed by atoms with Crippen molar-refractivity contribution in [1.29, 1.82) is 5.26 Å². The summed E-state index contributed by atoms with van der Waals surface area (Å²) in [6.45, 7) is 1.73. The molecule has 0 bridgehead atoms. The van der Waals surface area contributed by atoms with Crippen LogP contribution in [0.4, 0.5) is 0 Å². The Bertz CT molecular complexity index is 346. The minimum absolute atomic E-state index is 0.113. The Morgan fingerprint density at radius 1 is 1.64 bits per heavy atom. The molecule has 0 aliphatic rings. The van der Waals surface area contributed by atoms with Gasteiger partial charge in [0.25, 0.3) is 5.56 Å². The zero-order valence-electron chi connectivity index (χ0n) is 6.22. The molecule has 1 aromatic rings. The van der Waals surface area contributed by atoms with Crippen LogP contribution in [0.2, 0.25) is 0 Å². The molecule has 1 aromatic heterocycles. The first kappa shape index (κ1) is 7.55. The van der Waals surface area contributed by atoms with Crippen molar-refractivity contribution in [3.05, 3.63) is 33.7 Å². The third kappa shape index (κ3) is 1.68. The predicted molar refractivity (Wildman–Crippen MR) is 41.1 cm³/mol. The Labute approximate surface area is 64.3 Å². The van der Waals surface area contributed by atoms with Crippen molar-refractivity contribution in [2.45, 2.75) is 13.3 Å². The quantitative estimate of drug-likeness (QED) is 0.638. The number of aryl methyl sites for hydroxylation is 1.